The number of nitrogens with one attached hydrogen (secondary N) is 1. The molecule has 0 bridgehead atoms. The molecule has 0 aromatic heterocycles. The summed E-state index contributed by atoms with van der Waals surface area (Å²) in [6.45, 7) is 9.01. The first-order valence-corrected chi connectivity index (χ1v) is 10.1. The molecule has 1 unspecified atom stereocenters. The first-order valence-electron chi connectivity index (χ1n) is 10.1. The van der Waals surface area contributed by atoms with Crippen molar-refractivity contribution < 1.29 is 9.59 Å². The van der Waals surface area contributed by atoms with E-state index < -0.39 is 6.04 Å². The molecule has 0 aliphatic carbocycles. The maximum atomic E-state index is 13.2. The number of carbonyl (C=O) groups excluding carboxylic acids is 2. The Morgan fingerprint density at radius 2 is 1.79 bits per heavy atom. The Labute approximate surface area is 169 Å². The zero-order valence-corrected chi connectivity index (χ0v) is 17.5. The van der Waals surface area contributed by atoms with Crippen LogP contribution in [0.2, 0.25) is 0 Å². The summed E-state index contributed by atoms with van der Waals surface area (Å²) in [5.41, 5.74) is 4.26. The summed E-state index contributed by atoms with van der Waals surface area (Å²) in [5.74, 6) is -0.130. The van der Waals surface area contributed by atoms with Crippen molar-refractivity contribution in [1.82, 2.24) is 10.2 Å². The van der Waals surface area contributed by atoms with Crippen LogP contribution in [0.1, 0.15) is 48.9 Å². The number of benzene rings is 2. The van der Waals surface area contributed by atoms with E-state index in [-0.39, 0.29) is 11.8 Å². The normalized spacial score (nSPS) is 11.7. The number of unbranched alkanes of at least 4 members (excludes halogenated alkanes) is 1. The molecule has 0 spiro atoms. The SMILES string of the molecule is CCCCNC(=O)C(C)N(Cc1ccccc1)C(=O)Cc1cc(C)ccc1C. The van der Waals surface area contributed by atoms with Gasteiger partial charge in [0.15, 0.2) is 0 Å². The number of aryl methyl sites for hydroxylation is 2. The molecule has 1 atom stereocenters. The molecule has 2 aromatic carbocycles. The quantitative estimate of drug-likeness (QED) is 0.664. The minimum atomic E-state index is -0.519. The van der Waals surface area contributed by atoms with Crippen molar-refractivity contribution in [2.45, 2.75) is 59.5 Å². The third-order valence-corrected chi connectivity index (χ3v) is 5.04. The van der Waals surface area contributed by atoms with Crippen molar-refractivity contribution in [2.75, 3.05) is 6.54 Å². The number of carbonyl (C=O) groups is 2. The zero-order valence-electron chi connectivity index (χ0n) is 17.5. The van der Waals surface area contributed by atoms with Gasteiger partial charge in [0, 0.05) is 13.1 Å². The smallest absolute Gasteiger partial charge is 0.242 e. The largest absolute Gasteiger partial charge is 0.354 e. The van der Waals surface area contributed by atoms with Crippen LogP contribution in [0, 0.1) is 13.8 Å². The van der Waals surface area contributed by atoms with Gasteiger partial charge in [-0.15, -0.1) is 0 Å². The minimum Gasteiger partial charge on any atom is -0.354 e. The van der Waals surface area contributed by atoms with Crippen LogP contribution < -0.4 is 5.32 Å². The monoisotopic (exact) mass is 380 g/mol. The van der Waals surface area contributed by atoms with Gasteiger partial charge in [-0.05, 0) is 43.9 Å². The molecule has 0 fully saturated rings. The van der Waals surface area contributed by atoms with Crippen molar-refractivity contribution in [3.63, 3.8) is 0 Å². The Morgan fingerprint density at radius 1 is 1.07 bits per heavy atom. The molecule has 1 N–H and O–H groups in total. The van der Waals surface area contributed by atoms with Gasteiger partial charge in [-0.2, -0.15) is 0 Å². The van der Waals surface area contributed by atoms with Crippen molar-refractivity contribution >= 4 is 11.8 Å². The number of nitrogens with zero attached hydrogens (tertiary/aromatic N) is 1. The lowest BCUT2D eigenvalue weighted by Crippen LogP contribution is -2.48. The Hall–Kier alpha value is -2.62. The average Bonchev–Trinajstić information content (AvgIpc) is 2.69. The molecule has 0 saturated heterocycles. The van der Waals surface area contributed by atoms with Crippen LogP contribution in [0.5, 0.6) is 0 Å². The van der Waals surface area contributed by atoms with Gasteiger partial charge in [0.2, 0.25) is 11.8 Å². The fourth-order valence-electron chi connectivity index (χ4n) is 3.15. The van der Waals surface area contributed by atoms with Crippen molar-refractivity contribution in [3.05, 3.63) is 70.8 Å². The predicted molar refractivity (Wildman–Crippen MR) is 114 cm³/mol. The third-order valence-electron chi connectivity index (χ3n) is 5.04. The van der Waals surface area contributed by atoms with Gasteiger partial charge in [-0.25, -0.2) is 0 Å². The molecule has 2 amide bonds. The maximum Gasteiger partial charge on any atom is 0.242 e. The first kappa shape index (κ1) is 21.7. The highest BCUT2D eigenvalue weighted by molar-refractivity contribution is 5.88. The number of hydrogen-bond acceptors (Lipinski definition) is 2. The summed E-state index contributed by atoms with van der Waals surface area (Å²) in [7, 11) is 0. The molecule has 0 radical (unpaired) electrons. The van der Waals surface area contributed by atoms with Crippen LogP contribution >= 0.6 is 0 Å². The molecule has 28 heavy (non-hydrogen) atoms. The summed E-state index contributed by atoms with van der Waals surface area (Å²) in [4.78, 5) is 27.5. The van der Waals surface area contributed by atoms with Crippen LogP contribution in [-0.2, 0) is 22.6 Å². The van der Waals surface area contributed by atoms with E-state index in [9.17, 15) is 9.59 Å². The number of rotatable bonds is 9. The van der Waals surface area contributed by atoms with E-state index in [2.05, 4.69) is 24.4 Å². The van der Waals surface area contributed by atoms with Crippen molar-refractivity contribution in [1.29, 1.82) is 0 Å². The Kier molecular flexibility index (Phi) is 8.24. The highest BCUT2D eigenvalue weighted by Gasteiger charge is 2.26. The minimum absolute atomic E-state index is 0.0318. The third kappa shape index (κ3) is 6.22. The van der Waals surface area contributed by atoms with Gasteiger partial charge < -0.3 is 10.2 Å². The number of amides is 2. The predicted octanol–water partition coefficient (Wildman–Crippen LogP) is 4.18. The molecule has 0 heterocycles. The zero-order chi connectivity index (χ0) is 20.5. The van der Waals surface area contributed by atoms with Crippen molar-refractivity contribution in [3.8, 4) is 0 Å². The molecule has 0 aliphatic rings. The Morgan fingerprint density at radius 3 is 2.46 bits per heavy atom. The fraction of sp³-hybridized carbons (Fsp3) is 0.417. The second-order valence-electron chi connectivity index (χ2n) is 7.43. The Bertz CT molecular complexity index is 786. The van der Waals surface area contributed by atoms with E-state index in [1.165, 1.54) is 0 Å². The lowest BCUT2D eigenvalue weighted by molar-refractivity contribution is -0.140. The van der Waals surface area contributed by atoms with E-state index in [1.807, 2.05) is 57.2 Å². The maximum absolute atomic E-state index is 13.2. The molecule has 150 valence electrons. The van der Waals surface area contributed by atoms with Crippen molar-refractivity contribution in [2.24, 2.45) is 0 Å². The summed E-state index contributed by atoms with van der Waals surface area (Å²) >= 11 is 0. The number of hydrogen-bond donors (Lipinski definition) is 1. The highest BCUT2D eigenvalue weighted by atomic mass is 16.2. The fourth-order valence-corrected chi connectivity index (χ4v) is 3.15. The van der Waals surface area contributed by atoms with Gasteiger partial charge in [0.05, 0.1) is 6.42 Å². The van der Waals surface area contributed by atoms with Gasteiger partial charge in [0.1, 0.15) is 6.04 Å². The summed E-state index contributed by atoms with van der Waals surface area (Å²) in [6.07, 6.45) is 2.26. The van der Waals surface area contributed by atoms with Gasteiger partial charge in [-0.1, -0.05) is 67.4 Å². The lowest BCUT2D eigenvalue weighted by Gasteiger charge is -2.29. The Balaban J connectivity index is 2.19. The van der Waals surface area contributed by atoms with Gasteiger partial charge in [-0.3, -0.25) is 9.59 Å². The second kappa shape index (κ2) is 10.6. The van der Waals surface area contributed by atoms with E-state index in [0.717, 1.165) is 35.1 Å². The molecular weight excluding hydrogens is 348 g/mol. The standard InChI is InChI=1S/C24H32N2O2/c1-5-6-14-25-24(28)20(4)26(17-21-10-8-7-9-11-21)23(27)16-22-15-18(2)12-13-19(22)3/h7-13,15,20H,5-6,14,16-17H2,1-4H3,(H,25,28). The summed E-state index contributed by atoms with van der Waals surface area (Å²) < 4.78 is 0. The van der Waals surface area contributed by atoms with Crippen LogP contribution in [0.25, 0.3) is 0 Å². The molecule has 4 heteroatoms. The van der Waals surface area contributed by atoms with E-state index in [4.69, 9.17) is 0 Å². The van der Waals surface area contributed by atoms with Crippen LogP contribution in [0.3, 0.4) is 0 Å². The lowest BCUT2D eigenvalue weighted by atomic mass is 10.0. The topological polar surface area (TPSA) is 49.4 Å². The summed E-state index contributed by atoms with van der Waals surface area (Å²) in [6, 6.07) is 15.5. The molecule has 4 nitrogen and oxygen atoms in total. The molecule has 0 aliphatic heterocycles. The van der Waals surface area contributed by atoms with E-state index >= 15 is 0 Å². The van der Waals surface area contributed by atoms with Gasteiger partial charge in [0.25, 0.3) is 0 Å². The highest BCUT2D eigenvalue weighted by Crippen LogP contribution is 2.16. The molecule has 2 aromatic rings. The van der Waals surface area contributed by atoms with E-state index in [1.54, 1.807) is 4.90 Å². The van der Waals surface area contributed by atoms with Gasteiger partial charge >= 0.3 is 0 Å². The second-order valence-corrected chi connectivity index (χ2v) is 7.43. The van der Waals surface area contributed by atoms with Crippen LogP contribution in [0.4, 0.5) is 0 Å². The average molecular weight is 381 g/mol. The summed E-state index contributed by atoms with van der Waals surface area (Å²) in [5, 5.41) is 2.96. The first-order chi connectivity index (χ1) is 13.4. The molecule has 2 rings (SSSR count). The van der Waals surface area contributed by atoms with E-state index in [0.29, 0.717) is 19.5 Å². The van der Waals surface area contributed by atoms with Crippen LogP contribution in [-0.4, -0.2) is 29.3 Å². The molecular formula is C24H32N2O2. The van der Waals surface area contributed by atoms with Crippen LogP contribution in [0.15, 0.2) is 48.5 Å². The molecule has 0 saturated carbocycles.